The normalized spacial score (nSPS) is 25.3. The van der Waals surface area contributed by atoms with E-state index in [1.807, 2.05) is 84.4 Å². The molecule has 0 bridgehead atoms. The summed E-state index contributed by atoms with van der Waals surface area (Å²) in [5, 5.41) is 26.6. The molecule has 4 aromatic carbocycles. The molecule has 8 heteroatoms. The summed E-state index contributed by atoms with van der Waals surface area (Å²) in [6.45, 7) is 0. The lowest BCUT2D eigenvalue weighted by atomic mass is 9.70. The Hall–Kier alpha value is -4.79. The number of aliphatic hydroxyl groups is 2. The molecule has 0 radical (unpaired) electrons. The lowest BCUT2D eigenvalue weighted by Crippen LogP contribution is -2.52. The number of ether oxygens (including phenoxy) is 4. The van der Waals surface area contributed by atoms with Crippen molar-refractivity contribution in [1.82, 2.24) is 4.57 Å². The van der Waals surface area contributed by atoms with Crippen LogP contribution in [-0.4, -0.2) is 48.0 Å². The fourth-order valence-corrected chi connectivity index (χ4v) is 7.49. The van der Waals surface area contributed by atoms with Crippen molar-refractivity contribution in [3.05, 3.63) is 119 Å². The molecule has 0 spiro atoms. The number of benzene rings is 4. The van der Waals surface area contributed by atoms with Gasteiger partial charge in [0.25, 0.3) is 0 Å². The van der Waals surface area contributed by atoms with Gasteiger partial charge in [0.1, 0.15) is 29.1 Å². The average Bonchev–Trinajstić information content (AvgIpc) is 3.61. The van der Waals surface area contributed by atoms with Gasteiger partial charge < -0.3 is 33.7 Å². The van der Waals surface area contributed by atoms with Gasteiger partial charge >= 0.3 is 0 Å². The van der Waals surface area contributed by atoms with Crippen LogP contribution in [0.3, 0.4) is 0 Å². The van der Waals surface area contributed by atoms with Gasteiger partial charge in [0.05, 0.1) is 38.5 Å². The summed E-state index contributed by atoms with van der Waals surface area (Å²) in [6, 6.07) is 29.5. The Bertz CT molecular complexity index is 1880. The maximum absolute atomic E-state index is 14.8. The van der Waals surface area contributed by atoms with E-state index in [0.717, 1.165) is 16.5 Å². The van der Waals surface area contributed by atoms with Gasteiger partial charge in [0.15, 0.2) is 17.0 Å². The highest BCUT2D eigenvalue weighted by atomic mass is 16.5. The predicted octanol–water partition coefficient (Wildman–Crippen LogP) is 5.34. The number of fused-ring (bicyclic) bond motifs is 4. The van der Waals surface area contributed by atoms with Crippen molar-refractivity contribution in [2.45, 2.75) is 23.2 Å². The van der Waals surface area contributed by atoms with Crippen molar-refractivity contribution >= 4 is 16.7 Å². The largest absolute Gasteiger partial charge is 0.497 e. The third-order valence-electron chi connectivity index (χ3n) is 9.46. The van der Waals surface area contributed by atoms with Gasteiger partial charge in [-0.25, -0.2) is 0 Å². The van der Waals surface area contributed by atoms with Gasteiger partial charge in [-0.2, -0.15) is 0 Å². The molecule has 1 saturated carbocycles. The number of aromatic nitrogens is 1. The van der Waals surface area contributed by atoms with Crippen molar-refractivity contribution in [3.8, 4) is 23.0 Å². The molecule has 44 heavy (non-hydrogen) atoms. The second kappa shape index (κ2) is 10.1. The third kappa shape index (κ3) is 3.61. The maximum atomic E-state index is 14.8. The highest BCUT2D eigenvalue weighted by Crippen LogP contribution is 2.70. The first-order valence-corrected chi connectivity index (χ1v) is 14.4. The molecule has 1 fully saturated rings. The van der Waals surface area contributed by atoms with Crippen LogP contribution in [0.1, 0.15) is 33.1 Å². The topological polar surface area (TPSA) is 99.4 Å². The standard InChI is InChI=1S/C36H33NO7/c1-37-26-13-9-8-12-22(26)18-27(37)33(38)30-31(21-10-6-5-7-11-21)36(23-14-16-24(41-2)17-15-23)35(40,34(30)39)32-28(43-4)19-25(42-3)20-29(32)44-36/h5-20,30-31,34,39-40H,1-4H3/t30-,31+,34+,35-,36-/m0/s1. The first-order valence-electron chi connectivity index (χ1n) is 14.4. The fourth-order valence-electron chi connectivity index (χ4n) is 7.49. The Morgan fingerprint density at radius 1 is 0.841 bits per heavy atom. The van der Waals surface area contributed by atoms with E-state index in [0.29, 0.717) is 28.5 Å². The van der Waals surface area contributed by atoms with Gasteiger partial charge in [0, 0.05) is 36.0 Å². The molecule has 1 aromatic heterocycles. The predicted molar refractivity (Wildman–Crippen MR) is 165 cm³/mol. The number of methoxy groups -OCH3 is 3. The Morgan fingerprint density at radius 3 is 2.18 bits per heavy atom. The number of nitrogens with zero attached hydrogens (tertiary/aromatic N) is 1. The highest BCUT2D eigenvalue weighted by Gasteiger charge is 2.78. The van der Waals surface area contributed by atoms with Gasteiger partial charge in [-0.1, -0.05) is 60.7 Å². The lowest BCUT2D eigenvalue weighted by Gasteiger charge is -2.41. The highest BCUT2D eigenvalue weighted by molar-refractivity contribution is 6.03. The average molecular weight is 592 g/mol. The second-order valence-corrected chi connectivity index (χ2v) is 11.4. The Morgan fingerprint density at radius 2 is 1.52 bits per heavy atom. The van der Waals surface area contributed by atoms with E-state index >= 15 is 0 Å². The van der Waals surface area contributed by atoms with E-state index in [1.54, 1.807) is 31.4 Å². The molecule has 8 nitrogen and oxygen atoms in total. The van der Waals surface area contributed by atoms with E-state index in [1.165, 1.54) is 14.2 Å². The van der Waals surface area contributed by atoms with Crippen molar-refractivity contribution < 1.29 is 34.0 Å². The Kier molecular flexibility index (Phi) is 6.46. The maximum Gasteiger partial charge on any atom is 0.185 e. The molecule has 1 aliphatic heterocycles. The molecule has 224 valence electrons. The summed E-state index contributed by atoms with van der Waals surface area (Å²) in [6.07, 6.45) is -1.59. The van der Waals surface area contributed by atoms with Crippen LogP contribution in [0.4, 0.5) is 0 Å². The van der Waals surface area contributed by atoms with E-state index in [9.17, 15) is 15.0 Å². The second-order valence-electron chi connectivity index (χ2n) is 11.4. The molecule has 5 atom stereocenters. The molecule has 0 unspecified atom stereocenters. The zero-order chi connectivity index (χ0) is 30.8. The minimum atomic E-state index is -2.11. The third-order valence-corrected chi connectivity index (χ3v) is 9.46. The number of aliphatic hydroxyl groups excluding tert-OH is 1. The van der Waals surface area contributed by atoms with Gasteiger partial charge in [-0.3, -0.25) is 4.79 Å². The van der Waals surface area contributed by atoms with Gasteiger partial charge in [0.2, 0.25) is 0 Å². The van der Waals surface area contributed by atoms with Crippen LogP contribution in [0.2, 0.25) is 0 Å². The molecule has 5 aromatic rings. The van der Waals surface area contributed by atoms with Crippen molar-refractivity contribution in [2.24, 2.45) is 13.0 Å². The number of hydrogen-bond acceptors (Lipinski definition) is 7. The van der Waals surface area contributed by atoms with Crippen molar-refractivity contribution in [1.29, 1.82) is 0 Å². The van der Waals surface area contributed by atoms with Crippen molar-refractivity contribution in [2.75, 3.05) is 21.3 Å². The number of carbonyl (C=O) groups is 1. The van der Waals surface area contributed by atoms with E-state index in [2.05, 4.69) is 0 Å². The molecule has 1 aliphatic carbocycles. The number of hydrogen-bond donors (Lipinski definition) is 2. The molecular formula is C36H33NO7. The lowest BCUT2D eigenvalue weighted by molar-refractivity contribution is -0.151. The summed E-state index contributed by atoms with van der Waals surface area (Å²) in [5.74, 6) is -0.586. The Labute approximate surface area is 255 Å². The first kappa shape index (κ1) is 28.0. The van der Waals surface area contributed by atoms with E-state index in [4.69, 9.17) is 18.9 Å². The minimum Gasteiger partial charge on any atom is -0.497 e. The van der Waals surface area contributed by atoms with Crippen LogP contribution < -0.4 is 18.9 Å². The smallest absolute Gasteiger partial charge is 0.185 e. The Balaban J connectivity index is 1.54. The van der Waals surface area contributed by atoms with Crippen LogP contribution in [0, 0.1) is 5.92 Å². The number of Topliss-reactive ketones (excluding diaryl/α,β-unsaturated/α-hetero) is 1. The van der Waals surface area contributed by atoms with E-state index < -0.39 is 29.1 Å². The molecule has 2 aliphatic rings. The summed E-state index contributed by atoms with van der Waals surface area (Å²) in [5.41, 5.74) is -0.887. The van der Waals surface area contributed by atoms with Crippen molar-refractivity contribution in [3.63, 3.8) is 0 Å². The summed E-state index contributed by atoms with van der Waals surface area (Å²) < 4.78 is 25.5. The molecular weight excluding hydrogens is 558 g/mol. The van der Waals surface area contributed by atoms with Gasteiger partial charge in [-0.05, 0) is 35.4 Å². The molecule has 2 heterocycles. The quantitative estimate of drug-likeness (QED) is 0.247. The number of ketones is 1. The summed E-state index contributed by atoms with van der Waals surface area (Å²) >= 11 is 0. The van der Waals surface area contributed by atoms with Crippen LogP contribution in [0.5, 0.6) is 23.0 Å². The van der Waals surface area contributed by atoms with E-state index in [-0.39, 0.29) is 17.1 Å². The van der Waals surface area contributed by atoms with Crippen LogP contribution in [0.15, 0.2) is 97.1 Å². The zero-order valence-electron chi connectivity index (χ0n) is 24.9. The fraction of sp³-hybridized carbons (Fsp3) is 0.250. The molecule has 0 amide bonds. The first-order chi connectivity index (χ1) is 21.3. The summed E-state index contributed by atoms with van der Waals surface area (Å²) in [4.78, 5) is 14.8. The van der Waals surface area contributed by atoms with Crippen LogP contribution in [0.25, 0.3) is 10.9 Å². The molecule has 0 saturated heterocycles. The molecule has 7 rings (SSSR count). The number of carbonyl (C=O) groups excluding carboxylic acids is 1. The zero-order valence-corrected chi connectivity index (χ0v) is 24.9. The van der Waals surface area contributed by atoms with Crippen LogP contribution >= 0.6 is 0 Å². The number of para-hydroxylation sites is 1. The number of rotatable bonds is 7. The summed E-state index contributed by atoms with van der Waals surface area (Å²) in [7, 11) is 6.43. The van der Waals surface area contributed by atoms with Gasteiger partial charge in [-0.15, -0.1) is 0 Å². The minimum absolute atomic E-state index is 0.261. The van der Waals surface area contributed by atoms with Crippen LogP contribution in [-0.2, 0) is 18.2 Å². The SMILES string of the molecule is COc1ccc([C@@]23Oc4cc(OC)cc(OC)c4[C@]2(O)[C@H](O)[C@H](C(=O)c2cc4ccccc4n2C)[C@H]3c2ccccc2)cc1. The monoisotopic (exact) mass is 591 g/mol. The number of aryl methyl sites for hydroxylation is 1. The molecule has 2 N–H and O–H groups in total.